The van der Waals surface area contributed by atoms with Gasteiger partial charge in [-0.25, -0.2) is 9.10 Å². The highest BCUT2D eigenvalue weighted by molar-refractivity contribution is 7.97. The topological polar surface area (TPSA) is 53.7 Å². The Kier molecular flexibility index (Phi) is 8.06. The molecular formula is C33H26F3NO3S. The van der Waals surface area contributed by atoms with Gasteiger partial charge in [0.1, 0.15) is 5.76 Å². The van der Waals surface area contributed by atoms with Gasteiger partial charge in [0.2, 0.25) is 5.76 Å². The summed E-state index contributed by atoms with van der Waals surface area (Å²) in [4.78, 5) is 12.4. The van der Waals surface area contributed by atoms with E-state index in [1.165, 1.54) is 18.0 Å². The predicted octanol–water partition coefficient (Wildman–Crippen LogP) is 9.23. The molecule has 1 heterocycles. The second-order valence-corrected chi connectivity index (χ2v) is 10.8. The van der Waals surface area contributed by atoms with Crippen LogP contribution in [0.1, 0.15) is 28.2 Å². The Balaban J connectivity index is 1.43. The molecule has 0 atom stereocenters. The fourth-order valence-electron chi connectivity index (χ4n) is 4.53. The number of hydrogen-bond acceptors (Lipinski definition) is 4. The SMILES string of the molecule is C=C(C(=O)O)c1cccc(-c2ccc(CN(Cc3ccc(C(F)(F)F)o3)Sc3c(C)ccc4ccccc34)cc2)c1. The molecule has 0 amide bonds. The largest absolute Gasteiger partial charge is 0.478 e. The minimum absolute atomic E-state index is 0.0199. The number of rotatable bonds is 9. The molecule has 41 heavy (non-hydrogen) atoms. The Bertz CT molecular complexity index is 1720. The van der Waals surface area contributed by atoms with Gasteiger partial charge in [-0.2, -0.15) is 13.2 Å². The van der Waals surface area contributed by atoms with Gasteiger partial charge in [0.05, 0.1) is 12.1 Å². The lowest BCUT2D eigenvalue weighted by Crippen LogP contribution is -2.15. The van der Waals surface area contributed by atoms with Gasteiger partial charge in [-0.3, -0.25) is 0 Å². The number of aryl methyl sites for hydroxylation is 1. The fraction of sp³-hybridized carbons (Fsp3) is 0.121. The number of furan rings is 1. The van der Waals surface area contributed by atoms with E-state index >= 15 is 0 Å². The molecule has 0 aliphatic carbocycles. The van der Waals surface area contributed by atoms with E-state index in [4.69, 9.17) is 4.42 Å². The van der Waals surface area contributed by atoms with Crippen molar-refractivity contribution in [3.05, 3.63) is 132 Å². The highest BCUT2D eigenvalue weighted by Gasteiger charge is 2.35. The van der Waals surface area contributed by atoms with Crippen molar-refractivity contribution in [2.24, 2.45) is 0 Å². The first-order valence-electron chi connectivity index (χ1n) is 12.8. The van der Waals surface area contributed by atoms with E-state index in [-0.39, 0.29) is 17.9 Å². The molecule has 1 aromatic heterocycles. The van der Waals surface area contributed by atoms with Gasteiger partial charge < -0.3 is 9.52 Å². The van der Waals surface area contributed by atoms with Crippen LogP contribution >= 0.6 is 11.9 Å². The summed E-state index contributed by atoms with van der Waals surface area (Å²) in [5.74, 6) is -1.87. The predicted molar refractivity (Wildman–Crippen MR) is 156 cm³/mol. The highest BCUT2D eigenvalue weighted by Crippen LogP contribution is 2.37. The van der Waals surface area contributed by atoms with E-state index in [1.807, 2.05) is 71.9 Å². The maximum Gasteiger partial charge on any atom is 0.449 e. The monoisotopic (exact) mass is 573 g/mol. The number of hydrogen-bond donors (Lipinski definition) is 1. The summed E-state index contributed by atoms with van der Waals surface area (Å²) in [5.41, 5.74) is 4.32. The van der Waals surface area contributed by atoms with Crippen LogP contribution < -0.4 is 0 Å². The van der Waals surface area contributed by atoms with E-state index in [0.29, 0.717) is 12.1 Å². The Labute approximate surface area is 239 Å². The molecule has 0 saturated heterocycles. The third-order valence-corrected chi connectivity index (χ3v) is 7.93. The van der Waals surface area contributed by atoms with Crippen molar-refractivity contribution in [1.82, 2.24) is 4.31 Å². The fourth-order valence-corrected chi connectivity index (χ4v) is 5.69. The summed E-state index contributed by atoms with van der Waals surface area (Å²) in [5, 5.41) is 11.4. The molecule has 0 bridgehead atoms. The molecule has 8 heteroatoms. The molecule has 0 fully saturated rings. The van der Waals surface area contributed by atoms with E-state index in [0.717, 1.165) is 44.0 Å². The summed E-state index contributed by atoms with van der Waals surface area (Å²) >= 11 is 1.49. The number of halogens is 3. The van der Waals surface area contributed by atoms with Crippen molar-refractivity contribution in [2.75, 3.05) is 0 Å². The average molecular weight is 574 g/mol. The van der Waals surface area contributed by atoms with Crippen LogP contribution in [0.15, 0.2) is 113 Å². The molecule has 0 aliphatic heterocycles. The summed E-state index contributed by atoms with van der Waals surface area (Å²) in [6, 6.07) is 29.4. The molecule has 5 rings (SSSR count). The van der Waals surface area contributed by atoms with E-state index in [9.17, 15) is 23.1 Å². The van der Waals surface area contributed by atoms with Crippen LogP contribution in [0.25, 0.3) is 27.5 Å². The maximum atomic E-state index is 13.2. The Morgan fingerprint density at radius 2 is 1.66 bits per heavy atom. The van der Waals surface area contributed by atoms with Gasteiger partial charge in [0, 0.05) is 11.4 Å². The Morgan fingerprint density at radius 3 is 2.37 bits per heavy atom. The molecule has 0 spiro atoms. The number of nitrogens with zero attached hydrogens (tertiary/aromatic N) is 1. The molecule has 5 aromatic rings. The zero-order valence-electron chi connectivity index (χ0n) is 22.1. The summed E-state index contributed by atoms with van der Waals surface area (Å²) in [6.45, 7) is 6.25. The Morgan fingerprint density at radius 1 is 0.902 bits per heavy atom. The summed E-state index contributed by atoms with van der Waals surface area (Å²) in [6.07, 6.45) is -4.55. The lowest BCUT2D eigenvalue weighted by molar-refractivity contribution is -0.153. The van der Waals surface area contributed by atoms with E-state index in [2.05, 4.69) is 12.6 Å². The van der Waals surface area contributed by atoms with Crippen LogP contribution in [-0.2, 0) is 24.1 Å². The molecule has 0 unspecified atom stereocenters. The van der Waals surface area contributed by atoms with Crippen molar-refractivity contribution in [3.63, 3.8) is 0 Å². The van der Waals surface area contributed by atoms with Gasteiger partial charge >= 0.3 is 12.1 Å². The maximum absolute atomic E-state index is 13.2. The molecule has 0 aliphatic rings. The normalized spacial score (nSPS) is 11.7. The van der Waals surface area contributed by atoms with Crippen molar-refractivity contribution < 1.29 is 27.5 Å². The first kappa shape index (κ1) is 28.3. The zero-order chi connectivity index (χ0) is 29.1. The third-order valence-electron chi connectivity index (χ3n) is 6.69. The van der Waals surface area contributed by atoms with Crippen LogP contribution in [-0.4, -0.2) is 15.4 Å². The Hall–Kier alpha value is -4.27. The van der Waals surface area contributed by atoms with Gasteiger partial charge in [-0.05, 0) is 75.7 Å². The first-order valence-corrected chi connectivity index (χ1v) is 13.5. The molecule has 208 valence electrons. The lowest BCUT2D eigenvalue weighted by Gasteiger charge is -2.22. The molecule has 1 N–H and O–H groups in total. The second-order valence-electron chi connectivity index (χ2n) is 9.65. The molecular weight excluding hydrogens is 547 g/mol. The molecule has 0 saturated carbocycles. The van der Waals surface area contributed by atoms with Crippen LogP contribution in [0.4, 0.5) is 13.2 Å². The summed E-state index contributed by atoms with van der Waals surface area (Å²) < 4.78 is 46.8. The van der Waals surface area contributed by atoms with Crippen LogP contribution in [0.3, 0.4) is 0 Å². The number of carbonyl (C=O) groups is 1. The van der Waals surface area contributed by atoms with Crippen molar-refractivity contribution in [1.29, 1.82) is 0 Å². The standard InChI is InChI=1S/C33H26F3NO3S/c1-21-10-13-25-6-3-4-9-29(25)31(21)41-37(20-28-16-17-30(40-28)33(34,35)36)19-23-11-14-24(15-12-23)27-8-5-7-26(18-27)22(2)32(38)39/h3-18H,2,19-20H2,1H3,(H,38,39). The van der Waals surface area contributed by atoms with Gasteiger partial charge in [0.15, 0.2) is 0 Å². The molecule has 0 radical (unpaired) electrons. The van der Waals surface area contributed by atoms with Crippen molar-refractivity contribution >= 4 is 34.3 Å². The lowest BCUT2D eigenvalue weighted by atomic mass is 9.99. The number of carboxylic acid groups (broad SMARTS) is 1. The van der Waals surface area contributed by atoms with Crippen molar-refractivity contribution in [3.8, 4) is 11.1 Å². The van der Waals surface area contributed by atoms with Crippen LogP contribution in [0, 0.1) is 6.92 Å². The number of aliphatic carboxylic acids is 1. The minimum Gasteiger partial charge on any atom is -0.478 e. The van der Waals surface area contributed by atoms with Crippen molar-refractivity contribution in [2.45, 2.75) is 31.1 Å². The van der Waals surface area contributed by atoms with Gasteiger partial charge in [-0.15, -0.1) is 0 Å². The molecule has 4 aromatic carbocycles. The van der Waals surface area contributed by atoms with Crippen LogP contribution in [0.5, 0.6) is 0 Å². The molecule has 4 nitrogen and oxygen atoms in total. The quantitative estimate of drug-likeness (QED) is 0.141. The third kappa shape index (κ3) is 6.56. The number of alkyl halides is 3. The average Bonchev–Trinajstić information content (AvgIpc) is 3.44. The second kappa shape index (κ2) is 11.7. The highest BCUT2D eigenvalue weighted by atomic mass is 32.2. The van der Waals surface area contributed by atoms with Gasteiger partial charge in [0.25, 0.3) is 0 Å². The number of fused-ring (bicyclic) bond motifs is 1. The summed E-state index contributed by atoms with van der Waals surface area (Å²) in [7, 11) is 0. The number of benzene rings is 4. The van der Waals surface area contributed by atoms with Gasteiger partial charge in [-0.1, -0.05) is 85.4 Å². The first-order chi connectivity index (χ1) is 19.6. The smallest absolute Gasteiger partial charge is 0.449 e. The van der Waals surface area contributed by atoms with Crippen LogP contribution in [0.2, 0.25) is 0 Å². The zero-order valence-corrected chi connectivity index (χ0v) is 22.9. The minimum atomic E-state index is -4.55. The van der Waals surface area contributed by atoms with E-state index in [1.54, 1.807) is 18.2 Å². The number of carboxylic acids is 1. The van der Waals surface area contributed by atoms with E-state index < -0.39 is 17.9 Å².